The first-order chi connectivity index (χ1) is 7.74. The molecule has 16 heavy (non-hydrogen) atoms. The maximum Gasteiger partial charge on any atom is 0.0393 e. The molecular formula is C14H22N2. The molecule has 0 unspecified atom stereocenters. The highest BCUT2D eigenvalue weighted by Crippen LogP contribution is 2.40. The highest BCUT2D eigenvalue weighted by molar-refractivity contribution is 5.43. The first kappa shape index (κ1) is 11.4. The third kappa shape index (κ3) is 2.55. The Morgan fingerprint density at radius 2 is 2.12 bits per heavy atom. The van der Waals surface area contributed by atoms with E-state index in [9.17, 15) is 0 Å². The van der Waals surface area contributed by atoms with Gasteiger partial charge in [-0.25, -0.2) is 0 Å². The first-order valence-electron chi connectivity index (χ1n) is 6.41. The maximum absolute atomic E-state index is 4.22. The van der Waals surface area contributed by atoms with E-state index < -0.39 is 0 Å². The molecule has 1 heterocycles. The van der Waals surface area contributed by atoms with E-state index in [1.165, 1.54) is 37.8 Å². The Morgan fingerprint density at radius 1 is 1.38 bits per heavy atom. The predicted octanol–water partition coefficient (Wildman–Crippen LogP) is 3.77. The molecule has 0 bridgehead atoms. The number of hydrogen-bond donors (Lipinski definition) is 1. The molecule has 1 fully saturated rings. The zero-order chi connectivity index (χ0) is 11.4. The van der Waals surface area contributed by atoms with Crippen LogP contribution in [0.15, 0.2) is 18.3 Å². The Kier molecular flexibility index (Phi) is 3.47. The van der Waals surface area contributed by atoms with Crippen LogP contribution in [0.5, 0.6) is 0 Å². The zero-order valence-corrected chi connectivity index (χ0v) is 10.4. The standard InChI is InChI=1S/C14H22N2/c1-3-14(7-4-5-8-14)11-16-13-6-9-15-12(2)10-13/h6,9-10H,3-5,7-8,11H2,1-2H3,(H,15,16). The second kappa shape index (κ2) is 4.86. The third-order valence-electron chi connectivity index (χ3n) is 3.98. The lowest BCUT2D eigenvalue weighted by Crippen LogP contribution is -2.25. The van der Waals surface area contributed by atoms with Crippen molar-refractivity contribution in [1.82, 2.24) is 4.98 Å². The van der Waals surface area contributed by atoms with Gasteiger partial charge in [0, 0.05) is 24.1 Å². The molecule has 88 valence electrons. The number of rotatable bonds is 4. The van der Waals surface area contributed by atoms with Crippen molar-refractivity contribution in [2.45, 2.75) is 46.0 Å². The van der Waals surface area contributed by atoms with Gasteiger partial charge in [0.05, 0.1) is 0 Å². The van der Waals surface area contributed by atoms with E-state index in [1.807, 2.05) is 13.1 Å². The number of anilines is 1. The minimum atomic E-state index is 0.553. The van der Waals surface area contributed by atoms with Crippen molar-refractivity contribution < 1.29 is 0 Å². The molecule has 2 rings (SSSR count). The highest BCUT2D eigenvalue weighted by Gasteiger charge is 2.31. The quantitative estimate of drug-likeness (QED) is 0.832. The van der Waals surface area contributed by atoms with Crippen molar-refractivity contribution in [3.63, 3.8) is 0 Å². The molecule has 1 aromatic heterocycles. The maximum atomic E-state index is 4.22. The van der Waals surface area contributed by atoms with Gasteiger partial charge in [0.15, 0.2) is 0 Å². The summed E-state index contributed by atoms with van der Waals surface area (Å²) >= 11 is 0. The minimum absolute atomic E-state index is 0.553. The molecule has 1 aliphatic carbocycles. The van der Waals surface area contributed by atoms with E-state index in [2.05, 4.69) is 29.4 Å². The monoisotopic (exact) mass is 218 g/mol. The Morgan fingerprint density at radius 3 is 2.75 bits per heavy atom. The molecule has 2 nitrogen and oxygen atoms in total. The van der Waals surface area contributed by atoms with E-state index in [-0.39, 0.29) is 0 Å². The summed E-state index contributed by atoms with van der Waals surface area (Å²) in [6.07, 6.45) is 8.77. The van der Waals surface area contributed by atoms with Crippen LogP contribution in [0.25, 0.3) is 0 Å². The minimum Gasteiger partial charge on any atom is -0.384 e. The summed E-state index contributed by atoms with van der Waals surface area (Å²) in [6.45, 7) is 5.48. The molecule has 0 amide bonds. The molecule has 0 atom stereocenters. The summed E-state index contributed by atoms with van der Waals surface area (Å²) in [4.78, 5) is 4.22. The van der Waals surface area contributed by atoms with Crippen LogP contribution in [0.4, 0.5) is 5.69 Å². The summed E-state index contributed by atoms with van der Waals surface area (Å²) in [5, 5.41) is 3.58. The van der Waals surface area contributed by atoms with Gasteiger partial charge in [0.25, 0.3) is 0 Å². The number of aryl methyl sites for hydroxylation is 1. The van der Waals surface area contributed by atoms with Gasteiger partial charge in [-0.2, -0.15) is 0 Å². The largest absolute Gasteiger partial charge is 0.384 e. The van der Waals surface area contributed by atoms with Gasteiger partial charge in [-0.15, -0.1) is 0 Å². The fourth-order valence-electron chi connectivity index (χ4n) is 2.73. The smallest absolute Gasteiger partial charge is 0.0393 e. The molecule has 0 aliphatic heterocycles. The van der Waals surface area contributed by atoms with Crippen LogP contribution in [0.1, 0.15) is 44.7 Å². The van der Waals surface area contributed by atoms with E-state index in [1.54, 1.807) is 0 Å². The van der Waals surface area contributed by atoms with E-state index in [0.29, 0.717) is 5.41 Å². The molecule has 1 saturated carbocycles. The Labute approximate surface area is 98.5 Å². The lowest BCUT2D eigenvalue weighted by molar-refractivity contribution is 0.307. The summed E-state index contributed by atoms with van der Waals surface area (Å²) in [5.74, 6) is 0. The molecule has 2 heteroatoms. The van der Waals surface area contributed by atoms with Crippen molar-refractivity contribution in [1.29, 1.82) is 0 Å². The number of nitrogens with one attached hydrogen (secondary N) is 1. The normalized spacial score (nSPS) is 18.6. The van der Waals surface area contributed by atoms with Crippen LogP contribution < -0.4 is 5.32 Å². The van der Waals surface area contributed by atoms with Crippen LogP contribution in [0.3, 0.4) is 0 Å². The summed E-state index contributed by atoms with van der Waals surface area (Å²) in [7, 11) is 0. The van der Waals surface area contributed by atoms with Gasteiger partial charge in [-0.3, -0.25) is 4.98 Å². The molecule has 1 aliphatic rings. The molecule has 0 radical (unpaired) electrons. The lowest BCUT2D eigenvalue weighted by Gasteiger charge is -2.28. The van der Waals surface area contributed by atoms with Crippen molar-refractivity contribution in [2.24, 2.45) is 5.41 Å². The van der Waals surface area contributed by atoms with E-state index in [0.717, 1.165) is 12.2 Å². The fraction of sp³-hybridized carbons (Fsp3) is 0.643. The van der Waals surface area contributed by atoms with Crippen LogP contribution >= 0.6 is 0 Å². The number of pyridine rings is 1. The van der Waals surface area contributed by atoms with Crippen molar-refractivity contribution in [3.05, 3.63) is 24.0 Å². The van der Waals surface area contributed by atoms with Gasteiger partial charge in [0.1, 0.15) is 0 Å². The Bertz CT molecular complexity index is 340. The van der Waals surface area contributed by atoms with E-state index >= 15 is 0 Å². The summed E-state index contributed by atoms with van der Waals surface area (Å²) < 4.78 is 0. The highest BCUT2D eigenvalue weighted by atomic mass is 14.9. The molecule has 0 saturated heterocycles. The zero-order valence-electron chi connectivity index (χ0n) is 10.4. The number of aromatic nitrogens is 1. The summed E-state index contributed by atoms with van der Waals surface area (Å²) in [5.41, 5.74) is 2.85. The SMILES string of the molecule is CCC1(CNc2ccnc(C)c2)CCCC1. The molecule has 0 spiro atoms. The second-order valence-corrected chi connectivity index (χ2v) is 5.10. The van der Waals surface area contributed by atoms with Gasteiger partial charge < -0.3 is 5.32 Å². The average Bonchev–Trinajstić information content (AvgIpc) is 2.76. The van der Waals surface area contributed by atoms with Gasteiger partial charge in [0.2, 0.25) is 0 Å². The number of nitrogens with zero attached hydrogens (tertiary/aromatic N) is 1. The van der Waals surface area contributed by atoms with Gasteiger partial charge >= 0.3 is 0 Å². The second-order valence-electron chi connectivity index (χ2n) is 5.10. The Hall–Kier alpha value is -1.05. The Balaban J connectivity index is 1.95. The number of hydrogen-bond acceptors (Lipinski definition) is 2. The van der Waals surface area contributed by atoms with Gasteiger partial charge in [-0.05, 0) is 43.7 Å². The van der Waals surface area contributed by atoms with Gasteiger partial charge in [-0.1, -0.05) is 19.8 Å². The van der Waals surface area contributed by atoms with Crippen molar-refractivity contribution >= 4 is 5.69 Å². The molecule has 1 aromatic rings. The predicted molar refractivity (Wildman–Crippen MR) is 68.7 cm³/mol. The molecular weight excluding hydrogens is 196 g/mol. The third-order valence-corrected chi connectivity index (χ3v) is 3.98. The molecule has 1 N–H and O–H groups in total. The molecule has 0 aromatic carbocycles. The van der Waals surface area contributed by atoms with Crippen molar-refractivity contribution in [3.8, 4) is 0 Å². The van der Waals surface area contributed by atoms with Crippen LogP contribution in [0.2, 0.25) is 0 Å². The average molecular weight is 218 g/mol. The van der Waals surface area contributed by atoms with E-state index in [4.69, 9.17) is 0 Å². The lowest BCUT2D eigenvalue weighted by atomic mass is 9.83. The first-order valence-corrected chi connectivity index (χ1v) is 6.41. The van der Waals surface area contributed by atoms with Crippen molar-refractivity contribution in [2.75, 3.05) is 11.9 Å². The summed E-state index contributed by atoms with van der Waals surface area (Å²) in [6, 6.07) is 4.18. The van der Waals surface area contributed by atoms with Crippen LogP contribution in [0, 0.1) is 12.3 Å². The topological polar surface area (TPSA) is 24.9 Å². The van der Waals surface area contributed by atoms with Crippen LogP contribution in [-0.4, -0.2) is 11.5 Å². The fourth-order valence-corrected chi connectivity index (χ4v) is 2.73. The van der Waals surface area contributed by atoms with Crippen LogP contribution in [-0.2, 0) is 0 Å².